The molecule has 17 heavy (non-hydrogen) atoms. The highest BCUT2D eigenvalue weighted by Gasteiger charge is 2.10. The summed E-state index contributed by atoms with van der Waals surface area (Å²) in [6.45, 7) is 0.774. The van der Waals surface area contributed by atoms with E-state index in [0.29, 0.717) is 0 Å². The van der Waals surface area contributed by atoms with Crippen LogP contribution in [0.15, 0.2) is 36.7 Å². The van der Waals surface area contributed by atoms with Gasteiger partial charge in [-0.1, -0.05) is 12.1 Å². The molecule has 0 fully saturated rings. The van der Waals surface area contributed by atoms with Gasteiger partial charge >= 0.3 is 6.01 Å². The van der Waals surface area contributed by atoms with Gasteiger partial charge in [-0.3, -0.25) is 0 Å². The first-order valence-electron chi connectivity index (χ1n) is 5.07. The molecule has 2 aromatic rings. The molecule has 0 saturated carbocycles. The van der Waals surface area contributed by atoms with Crippen molar-refractivity contribution in [3.05, 3.63) is 42.2 Å². The number of nitrogens with zero attached hydrogens (tertiary/aromatic N) is 1. The minimum atomic E-state index is 0. The van der Waals surface area contributed by atoms with E-state index in [2.05, 4.69) is 4.98 Å². The monoisotopic (exact) mass is 346 g/mol. The molecule has 0 spiro atoms. The van der Waals surface area contributed by atoms with Crippen molar-refractivity contribution in [2.24, 2.45) is 0 Å². The Morgan fingerprint density at radius 2 is 1.82 bits per heavy atom. The van der Waals surface area contributed by atoms with E-state index in [4.69, 9.17) is 9.47 Å². The molecule has 1 N–H and O–H groups in total. The van der Waals surface area contributed by atoms with Crippen LogP contribution in [0, 0.1) is 0 Å². The van der Waals surface area contributed by atoms with Gasteiger partial charge in [0.15, 0.2) is 0 Å². The van der Waals surface area contributed by atoms with Crippen molar-refractivity contribution in [3.8, 4) is 11.8 Å². The van der Waals surface area contributed by atoms with Crippen LogP contribution in [0.4, 0.5) is 0 Å². The number of hydrogen-bond acceptors (Lipinski definition) is 2. The van der Waals surface area contributed by atoms with Crippen molar-refractivity contribution in [1.29, 1.82) is 0 Å². The molecule has 0 aliphatic carbocycles. The van der Waals surface area contributed by atoms with E-state index in [-0.39, 0.29) is 24.0 Å². The highest BCUT2D eigenvalue weighted by atomic mass is 127. The van der Waals surface area contributed by atoms with Gasteiger partial charge in [0, 0.05) is 0 Å². The molecule has 0 radical (unpaired) electrons. The Morgan fingerprint density at radius 1 is 1.12 bits per heavy atom. The van der Waals surface area contributed by atoms with Crippen molar-refractivity contribution >= 4 is 0 Å². The van der Waals surface area contributed by atoms with Gasteiger partial charge in [-0.15, -0.1) is 0 Å². The largest absolute Gasteiger partial charge is 1.00 e. The SMILES string of the molecule is COc1ccc(C[n+]2cc[nH]c2OC)cc1.[I-]. The van der Waals surface area contributed by atoms with E-state index in [0.717, 1.165) is 18.3 Å². The number of rotatable bonds is 4. The van der Waals surface area contributed by atoms with Crippen LogP contribution in [0.2, 0.25) is 0 Å². The predicted molar refractivity (Wildman–Crippen MR) is 59.6 cm³/mol. The maximum absolute atomic E-state index is 5.19. The zero-order valence-electron chi connectivity index (χ0n) is 9.81. The molecule has 4 nitrogen and oxygen atoms in total. The van der Waals surface area contributed by atoms with Crippen molar-refractivity contribution in [3.63, 3.8) is 0 Å². The van der Waals surface area contributed by atoms with Gasteiger partial charge in [0.25, 0.3) is 0 Å². The van der Waals surface area contributed by atoms with Crippen LogP contribution in [-0.4, -0.2) is 19.2 Å². The summed E-state index contributed by atoms with van der Waals surface area (Å²) in [6, 6.07) is 8.73. The molecule has 0 bridgehead atoms. The molecular weight excluding hydrogens is 331 g/mol. The van der Waals surface area contributed by atoms with Crippen LogP contribution in [0.5, 0.6) is 11.8 Å². The summed E-state index contributed by atoms with van der Waals surface area (Å²) >= 11 is 0. The lowest BCUT2D eigenvalue weighted by atomic mass is 10.2. The molecule has 0 unspecified atom stereocenters. The number of ether oxygens (including phenoxy) is 2. The smallest absolute Gasteiger partial charge is 0.453 e. The molecule has 0 amide bonds. The van der Waals surface area contributed by atoms with Crippen LogP contribution >= 0.6 is 0 Å². The molecule has 1 aromatic heterocycles. The van der Waals surface area contributed by atoms with Crippen molar-refractivity contribution in [1.82, 2.24) is 4.98 Å². The lowest BCUT2D eigenvalue weighted by Gasteiger charge is -2.02. The minimum Gasteiger partial charge on any atom is -1.00 e. The lowest BCUT2D eigenvalue weighted by molar-refractivity contribution is -0.691. The standard InChI is InChI=1S/C12H14N2O2.HI/c1-15-11-5-3-10(4-6-11)9-14-8-7-13-12(14)16-2;/h3-8H,9H2,1-2H3;1H. The molecule has 92 valence electrons. The molecular formula is C12H15IN2O2. The topological polar surface area (TPSA) is 38.1 Å². The fourth-order valence-corrected chi connectivity index (χ4v) is 1.58. The highest BCUT2D eigenvalue weighted by molar-refractivity contribution is 5.26. The Balaban J connectivity index is 0.00000144. The third-order valence-electron chi connectivity index (χ3n) is 2.43. The fourth-order valence-electron chi connectivity index (χ4n) is 1.58. The third kappa shape index (κ3) is 3.36. The van der Waals surface area contributed by atoms with Crippen molar-refractivity contribution in [2.45, 2.75) is 6.54 Å². The Bertz CT molecular complexity index is 454. The first-order valence-corrected chi connectivity index (χ1v) is 5.07. The van der Waals surface area contributed by atoms with Crippen LogP contribution in [0.25, 0.3) is 0 Å². The Labute approximate surface area is 118 Å². The average molecular weight is 346 g/mol. The second kappa shape index (κ2) is 6.48. The van der Waals surface area contributed by atoms with Crippen LogP contribution in [0.1, 0.15) is 5.56 Å². The van der Waals surface area contributed by atoms with Gasteiger partial charge in [-0.25, -0.2) is 4.98 Å². The zero-order chi connectivity index (χ0) is 11.4. The molecule has 0 aliphatic rings. The normalized spacial score (nSPS) is 9.53. The van der Waals surface area contributed by atoms with E-state index in [9.17, 15) is 0 Å². The quantitative estimate of drug-likeness (QED) is 0.534. The van der Waals surface area contributed by atoms with Crippen LogP contribution in [-0.2, 0) is 6.54 Å². The first kappa shape index (κ1) is 13.8. The molecule has 2 rings (SSSR count). The van der Waals surface area contributed by atoms with Crippen LogP contribution < -0.4 is 38.0 Å². The van der Waals surface area contributed by atoms with Gasteiger partial charge in [0.05, 0.1) is 14.2 Å². The van der Waals surface area contributed by atoms with E-state index >= 15 is 0 Å². The lowest BCUT2D eigenvalue weighted by Crippen LogP contribution is -3.00. The summed E-state index contributed by atoms with van der Waals surface area (Å²) in [5.74, 6) is 0.870. The molecule has 1 heterocycles. The number of aromatic amines is 1. The molecule has 0 atom stereocenters. The summed E-state index contributed by atoms with van der Waals surface area (Å²) in [5.41, 5.74) is 1.20. The van der Waals surface area contributed by atoms with Crippen LogP contribution in [0.3, 0.4) is 0 Å². The van der Waals surface area contributed by atoms with Gasteiger partial charge in [-0.05, 0) is 17.7 Å². The zero-order valence-corrected chi connectivity index (χ0v) is 12.0. The Kier molecular flexibility index (Phi) is 5.27. The molecule has 5 heteroatoms. The maximum Gasteiger partial charge on any atom is 0.453 e. The average Bonchev–Trinajstić information content (AvgIpc) is 2.77. The highest BCUT2D eigenvalue weighted by Crippen LogP contribution is 2.11. The second-order valence-corrected chi connectivity index (χ2v) is 3.45. The minimum absolute atomic E-state index is 0. The van der Waals surface area contributed by atoms with E-state index in [1.165, 1.54) is 5.56 Å². The predicted octanol–water partition coefficient (Wildman–Crippen LogP) is -1.63. The number of benzene rings is 1. The first-order chi connectivity index (χ1) is 7.83. The second-order valence-electron chi connectivity index (χ2n) is 3.45. The molecule has 1 aromatic carbocycles. The molecule has 0 aliphatic heterocycles. The van der Waals surface area contributed by atoms with Crippen molar-refractivity contribution < 1.29 is 38.0 Å². The van der Waals surface area contributed by atoms with Gasteiger partial charge in [0.1, 0.15) is 24.7 Å². The van der Waals surface area contributed by atoms with Gasteiger partial charge in [0.2, 0.25) is 0 Å². The number of nitrogens with one attached hydrogen (secondary N) is 1. The fraction of sp³-hybridized carbons (Fsp3) is 0.250. The number of aromatic nitrogens is 2. The summed E-state index contributed by atoms with van der Waals surface area (Å²) in [4.78, 5) is 3.01. The Hall–Kier alpha value is -1.24. The van der Waals surface area contributed by atoms with E-state index in [1.54, 1.807) is 14.2 Å². The summed E-state index contributed by atoms with van der Waals surface area (Å²) in [5, 5.41) is 0. The maximum atomic E-state index is 5.19. The van der Waals surface area contributed by atoms with Crippen molar-refractivity contribution in [2.75, 3.05) is 14.2 Å². The van der Waals surface area contributed by atoms with E-state index in [1.807, 2.05) is 41.2 Å². The van der Waals surface area contributed by atoms with Gasteiger partial charge in [-0.2, -0.15) is 4.57 Å². The number of methoxy groups -OCH3 is 2. The third-order valence-corrected chi connectivity index (χ3v) is 2.43. The number of imidazole rings is 1. The number of H-pyrrole nitrogens is 1. The summed E-state index contributed by atoms with van der Waals surface area (Å²) in [7, 11) is 3.31. The number of hydrogen-bond donors (Lipinski definition) is 1. The number of halogens is 1. The van der Waals surface area contributed by atoms with E-state index < -0.39 is 0 Å². The van der Waals surface area contributed by atoms with Gasteiger partial charge < -0.3 is 33.5 Å². The molecule has 0 saturated heterocycles. The Morgan fingerprint density at radius 3 is 2.41 bits per heavy atom. The summed E-state index contributed by atoms with van der Waals surface area (Å²) < 4.78 is 12.3. The summed E-state index contributed by atoms with van der Waals surface area (Å²) in [6.07, 6.45) is 3.80.